The first-order valence-corrected chi connectivity index (χ1v) is 4.25. The molecule has 1 heterocycles. The Balaban J connectivity index is 3.39. The van der Waals surface area contributed by atoms with Gasteiger partial charge in [0.2, 0.25) is 0 Å². The second-order valence-corrected chi connectivity index (χ2v) is 3.23. The van der Waals surface area contributed by atoms with E-state index < -0.39 is 17.4 Å². The first-order valence-electron chi connectivity index (χ1n) is 3.46. The third-order valence-corrected chi connectivity index (χ3v) is 1.97. The zero-order valence-electron chi connectivity index (χ0n) is 6.48. The van der Waals surface area contributed by atoms with E-state index >= 15 is 0 Å². The van der Waals surface area contributed by atoms with Gasteiger partial charge in [-0.2, -0.15) is 0 Å². The number of H-pyrrole nitrogens is 1. The van der Waals surface area contributed by atoms with Crippen molar-refractivity contribution < 1.29 is 8.78 Å². The van der Waals surface area contributed by atoms with Crippen LogP contribution in [0.5, 0.6) is 0 Å². The summed E-state index contributed by atoms with van der Waals surface area (Å²) in [6.07, 6.45) is -2.80. The highest BCUT2D eigenvalue weighted by Gasteiger charge is 2.17. The van der Waals surface area contributed by atoms with Crippen LogP contribution in [0.4, 0.5) is 8.78 Å². The minimum absolute atomic E-state index is 0.0642. The quantitative estimate of drug-likeness (QED) is 0.785. The molecule has 0 fully saturated rings. The molecule has 0 aliphatic carbocycles. The van der Waals surface area contributed by atoms with Gasteiger partial charge in [0.15, 0.2) is 5.43 Å². The number of alkyl halides is 2. The van der Waals surface area contributed by atoms with Gasteiger partial charge >= 0.3 is 0 Å². The molecule has 0 aliphatic heterocycles. The van der Waals surface area contributed by atoms with Crippen LogP contribution >= 0.6 is 15.9 Å². The molecule has 72 valence electrons. The van der Waals surface area contributed by atoms with Crippen LogP contribution in [0, 0.1) is 0 Å². The maximum absolute atomic E-state index is 12.3. The van der Waals surface area contributed by atoms with Gasteiger partial charge in [0, 0.05) is 18.3 Å². The minimum Gasteiger partial charge on any atom is -0.351 e. The molecule has 3 N–H and O–H groups in total. The summed E-state index contributed by atoms with van der Waals surface area (Å²) in [5.41, 5.74) is 4.01. The van der Waals surface area contributed by atoms with E-state index in [1.54, 1.807) is 0 Å². The molecule has 1 aromatic rings. The Morgan fingerprint density at radius 3 is 2.69 bits per heavy atom. The number of nitrogens with two attached hydrogens (primary N) is 1. The Labute approximate surface area is 81.1 Å². The molecule has 3 nitrogen and oxygen atoms in total. The Kier molecular flexibility index (Phi) is 3.16. The molecule has 0 bridgehead atoms. The highest BCUT2D eigenvalue weighted by molar-refractivity contribution is 9.10. The normalized spacial score (nSPS) is 10.8. The Bertz CT molecular complexity index is 364. The molecule has 0 saturated heterocycles. The van der Waals surface area contributed by atoms with Gasteiger partial charge in [0.25, 0.3) is 6.43 Å². The molecule has 0 atom stereocenters. The Morgan fingerprint density at radius 1 is 1.62 bits per heavy atom. The van der Waals surface area contributed by atoms with Gasteiger partial charge in [-0.1, -0.05) is 0 Å². The zero-order valence-corrected chi connectivity index (χ0v) is 8.07. The number of rotatable bonds is 2. The van der Waals surface area contributed by atoms with Crippen molar-refractivity contribution in [3.8, 4) is 0 Å². The van der Waals surface area contributed by atoms with Gasteiger partial charge in [0.05, 0.1) is 10.2 Å². The molecular formula is C7H7BrF2N2O. The highest BCUT2D eigenvalue weighted by Crippen LogP contribution is 2.19. The number of pyridine rings is 1. The van der Waals surface area contributed by atoms with Crippen LogP contribution < -0.4 is 11.2 Å². The predicted octanol–water partition coefficient (Wildman–Crippen LogP) is 1.53. The second-order valence-electron chi connectivity index (χ2n) is 2.38. The standard InChI is InChI=1S/C7H7BrF2N2O/c8-5-1-4(13)6(7(9)10)3(2-11)12-5/h1,7H,2,11H2,(H,12,13). The lowest BCUT2D eigenvalue weighted by atomic mass is 10.2. The van der Waals surface area contributed by atoms with Crippen molar-refractivity contribution in [1.82, 2.24) is 4.98 Å². The summed E-state index contributed by atoms with van der Waals surface area (Å²) in [5, 5.41) is 0. The number of halogens is 3. The van der Waals surface area contributed by atoms with Crippen molar-refractivity contribution in [2.75, 3.05) is 0 Å². The third-order valence-electron chi connectivity index (χ3n) is 1.54. The maximum Gasteiger partial charge on any atom is 0.269 e. The third kappa shape index (κ3) is 2.13. The summed E-state index contributed by atoms with van der Waals surface area (Å²) in [6, 6.07) is 1.06. The molecule has 0 aliphatic rings. The monoisotopic (exact) mass is 252 g/mol. The summed E-state index contributed by atoms with van der Waals surface area (Å²) < 4.78 is 25.0. The van der Waals surface area contributed by atoms with Crippen molar-refractivity contribution >= 4 is 15.9 Å². The number of aromatic amines is 1. The second kappa shape index (κ2) is 3.97. The first kappa shape index (κ1) is 10.3. The molecule has 13 heavy (non-hydrogen) atoms. The van der Waals surface area contributed by atoms with E-state index in [0.29, 0.717) is 4.60 Å². The van der Waals surface area contributed by atoms with Crippen molar-refractivity contribution in [2.24, 2.45) is 5.73 Å². The molecule has 1 rings (SSSR count). The van der Waals surface area contributed by atoms with Crippen LogP contribution in [0.25, 0.3) is 0 Å². The average molecular weight is 253 g/mol. The van der Waals surface area contributed by atoms with Gasteiger partial charge in [0.1, 0.15) is 0 Å². The van der Waals surface area contributed by atoms with E-state index in [9.17, 15) is 13.6 Å². The van der Waals surface area contributed by atoms with E-state index in [1.807, 2.05) is 0 Å². The van der Waals surface area contributed by atoms with Gasteiger partial charge in [-0.15, -0.1) is 0 Å². The van der Waals surface area contributed by atoms with E-state index in [-0.39, 0.29) is 12.2 Å². The fourth-order valence-electron chi connectivity index (χ4n) is 0.989. The smallest absolute Gasteiger partial charge is 0.269 e. The van der Waals surface area contributed by atoms with E-state index in [2.05, 4.69) is 20.9 Å². The average Bonchev–Trinajstić information content (AvgIpc) is 2.01. The fourth-order valence-corrected chi connectivity index (χ4v) is 1.44. The van der Waals surface area contributed by atoms with Gasteiger partial charge in [-0.05, 0) is 15.9 Å². The molecule has 0 unspecified atom stereocenters. The van der Waals surface area contributed by atoms with Crippen LogP contribution in [0.2, 0.25) is 0 Å². The molecule has 0 spiro atoms. The molecule has 1 aromatic heterocycles. The predicted molar refractivity (Wildman–Crippen MR) is 47.6 cm³/mol. The number of hydrogen-bond donors (Lipinski definition) is 2. The molecule has 0 amide bonds. The Hall–Kier alpha value is -0.750. The maximum atomic E-state index is 12.3. The van der Waals surface area contributed by atoms with E-state index in [4.69, 9.17) is 5.73 Å². The lowest BCUT2D eigenvalue weighted by molar-refractivity contribution is 0.148. The summed E-state index contributed by atoms with van der Waals surface area (Å²) >= 11 is 2.98. The summed E-state index contributed by atoms with van der Waals surface area (Å²) in [4.78, 5) is 13.6. The number of aromatic nitrogens is 1. The lowest BCUT2D eigenvalue weighted by Crippen LogP contribution is -2.16. The Morgan fingerprint density at radius 2 is 2.23 bits per heavy atom. The van der Waals surface area contributed by atoms with Crippen LogP contribution in [0.3, 0.4) is 0 Å². The SMILES string of the molecule is NCc1[nH]c(Br)cc(=O)c1C(F)F. The molecule has 0 radical (unpaired) electrons. The molecular weight excluding hydrogens is 246 g/mol. The van der Waals surface area contributed by atoms with Gasteiger partial charge < -0.3 is 10.7 Å². The number of hydrogen-bond acceptors (Lipinski definition) is 2. The van der Waals surface area contributed by atoms with Crippen LogP contribution in [-0.4, -0.2) is 4.98 Å². The van der Waals surface area contributed by atoms with Crippen molar-refractivity contribution in [3.63, 3.8) is 0 Å². The fraction of sp³-hybridized carbons (Fsp3) is 0.286. The largest absolute Gasteiger partial charge is 0.351 e. The van der Waals surface area contributed by atoms with Crippen LogP contribution in [0.15, 0.2) is 15.5 Å². The van der Waals surface area contributed by atoms with E-state index in [1.165, 1.54) is 0 Å². The van der Waals surface area contributed by atoms with Crippen molar-refractivity contribution in [3.05, 3.63) is 32.2 Å². The highest BCUT2D eigenvalue weighted by atomic mass is 79.9. The van der Waals surface area contributed by atoms with Crippen molar-refractivity contribution in [2.45, 2.75) is 13.0 Å². The molecule has 6 heteroatoms. The zero-order chi connectivity index (χ0) is 10.0. The molecule has 0 saturated carbocycles. The lowest BCUT2D eigenvalue weighted by Gasteiger charge is -2.06. The molecule has 0 aromatic carbocycles. The number of nitrogens with one attached hydrogen (secondary N) is 1. The summed E-state index contributed by atoms with van der Waals surface area (Å²) in [7, 11) is 0. The van der Waals surface area contributed by atoms with Crippen molar-refractivity contribution in [1.29, 1.82) is 0 Å². The summed E-state index contributed by atoms with van der Waals surface area (Å²) in [6.45, 7) is -0.117. The van der Waals surface area contributed by atoms with Gasteiger partial charge in [-0.25, -0.2) is 8.78 Å². The first-order chi connectivity index (χ1) is 6.06. The minimum atomic E-state index is -2.80. The van der Waals surface area contributed by atoms with E-state index in [0.717, 1.165) is 6.07 Å². The topological polar surface area (TPSA) is 58.9 Å². The van der Waals surface area contributed by atoms with Gasteiger partial charge in [-0.3, -0.25) is 4.79 Å². The summed E-state index contributed by atoms with van der Waals surface area (Å²) in [5.74, 6) is 0. The van der Waals surface area contributed by atoms with Crippen LogP contribution in [-0.2, 0) is 6.54 Å². The van der Waals surface area contributed by atoms with Crippen LogP contribution in [0.1, 0.15) is 17.7 Å².